The minimum Gasteiger partial charge on any atom is -0.384 e. The number of hydrogen-bond donors (Lipinski definition) is 2. The normalized spacial score (nSPS) is 19.9. The van der Waals surface area contributed by atoms with Crippen LogP contribution < -0.4 is 20.4 Å². The Labute approximate surface area is 167 Å². The lowest BCUT2D eigenvalue weighted by molar-refractivity contribution is 0.484. The van der Waals surface area contributed by atoms with Crippen molar-refractivity contribution >= 4 is 23.0 Å². The average Bonchev–Trinajstić information content (AvgIpc) is 3.04. The number of fused-ring (bicyclic) bond motifs is 4. The minimum absolute atomic E-state index is 0.0599. The van der Waals surface area contributed by atoms with Gasteiger partial charge in [-0.2, -0.15) is 0 Å². The number of aromatic nitrogens is 2. The molecule has 0 aliphatic carbocycles. The molecule has 146 valence electrons. The Bertz CT molecular complexity index is 893. The number of anilines is 3. The topological polar surface area (TPSA) is 56.3 Å². The van der Waals surface area contributed by atoms with E-state index in [2.05, 4.69) is 64.6 Å². The Kier molecular flexibility index (Phi) is 4.71. The quantitative estimate of drug-likeness (QED) is 0.766. The average molecular weight is 377 g/mol. The molecule has 2 N–H and O–H groups in total. The summed E-state index contributed by atoms with van der Waals surface area (Å²) < 4.78 is 0. The molecule has 4 rings (SSSR count). The Morgan fingerprint density at radius 1 is 1.25 bits per heavy atom. The second-order valence-electron chi connectivity index (χ2n) is 7.74. The highest BCUT2D eigenvalue weighted by Crippen LogP contribution is 2.46. The summed E-state index contributed by atoms with van der Waals surface area (Å²) in [6.07, 6.45) is 3.88. The molecule has 0 radical (unpaired) electrons. The number of hydrogen-bond acceptors (Lipinski definition) is 6. The molecule has 2 aliphatic rings. The molecule has 1 saturated heterocycles. The largest absolute Gasteiger partial charge is 0.384 e. The third kappa shape index (κ3) is 3.19. The molecular weight excluding hydrogens is 348 g/mol. The SMILES string of the molecule is C=C(NCCC)c1ccc2c(n1)N(C(=C)Nc1ccccn1)[C@@]1(C)CCN2C1. The van der Waals surface area contributed by atoms with E-state index >= 15 is 0 Å². The van der Waals surface area contributed by atoms with Crippen LogP contribution >= 0.6 is 0 Å². The van der Waals surface area contributed by atoms with Crippen molar-refractivity contribution in [2.24, 2.45) is 0 Å². The highest BCUT2D eigenvalue weighted by atomic mass is 15.4. The van der Waals surface area contributed by atoms with Crippen molar-refractivity contribution in [3.8, 4) is 0 Å². The maximum absolute atomic E-state index is 5.00. The van der Waals surface area contributed by atoms with Crippen LogP contribution in [-0.4, -0.2) is 35.1 Å². The van der Waals surface area contributed by atoms with Crippen molar-refractivity contribution < 1.29 is 0 Å². The standard InChI is InChI=1S/C22H28N6/c1-5-12-23-16(2)18-9-10-19-21(26-18)28(22(4)11-14-27(19)15-22)17(3)25-20-8-6-7-13-24-20/h6-10,13,23H,2-3,5,11-12,14-15H2,1,4H3,(H,24,25)/t22-/m0/s1. The van der Waals surface area contributed by atoms with Crippen LogP contribution in [0.1, 0.15) is 32.4 Å². The summed E-state index contributed by atoms with van der Waals surface area (Å²) in [6.45, 7) is 15.8. The lowest BCUT2D eigenvalue weighted by Gasteiger charge is -2.45. The van der Waals surface area contributed by atoms with Crippen LogP contribution in [-0.2, 0) is 0 Å². The molecule has 2 aliphatic heterocycles. The van der Waals surface area contributed by atoms with Gasteiger partial charge in [0.25, 0.3) is 0 Å². The van der Waals surface area contributed by atoms with Crippen LogP contribution in [0.5, 0.6) is 0 Å². The van der Waals surface area contributed by atoms with E-state index in [0.717, 1.165) is 67.0 Å². The molecule has 28 heavy (non-hydrogen) atoms. The minimum atomic E-state index is -0.0599. The van der Waals surface area contributed by atoms with Crippen LogP contribution in [0, 0.1) is 0 Å². The van der Waals surface area contributed by atoms with E-state index in [9.17, 15) is 0 Å². The zero-order valence-electron chi connectivity index (χ0n) is 16.7. The van der Waals surface area contributed by atoms with Gasteiger partial charge < -0.3 is 20.4 Å². The Hall–Kier alpha value is -3.02. The third-order valence-corrected chi connectivity index (χ3v) is 5.50. The zero-order chi connectivity index (χ0) is 19.7. The lowest BCUT2D eigenvalue weighted by Crippen LogP contribution is -2.52. The molecule has 6 heteroatoms. The van der Waals surface area contributed by atoms with E-state index in [4.69, 9.17) is 4.98 Å². The van der Waals surface area contributed by atoms with Gasteiger partial charge in [0.05, 0.1) is 22.6 Å². The van der Waals surface area contributed by atoms with Gasteiger partial charge in [-0.15, -0.1) is 0 Å². The first-order valence-electron chi connectivity index (χ1n) is 9.88. The highest BCUT2D eigenvalue weighted by molar-refractivity contribution is 5.78. The summed E-state index contributed by atoms with van der Waals surface area (Å²) >= 11 is 0. The monoisotopic (exact) mass is 376 g/mol. The summed E-state index contributed by atoms with van der Waals surface area (Å²) in [5.41, 5.74) is 2.81. The fourth-order valence-corrected chi connectivity index (χ4v) is 4.07. The van der Waals surface area contributed by atoms with Crippen LogP contribution in [0.15, 0.2) is 55.5 Å². The molecule has 2 bridgehead atoms. The fraction of sp³-hybridized carbons (Fsp3) is 0.364. The maximum Gasteiger partial charge on any atom is 0.159 e. The summed E-state index contributed by atoms with van der Waals surface area (Å²) in [7, 11) is 0. The van der Waals surface area contributed by atoms with Crippen LogP contribution in [0.25, 0.3) is 5.70 Å². The predicted molar refractivity (Wildman–Crippen MR) is 116 cm³/mol. The molecule has 1 fully saturated rings. The van der Waals surface area contributed by atoms with E-state index in [-0.39, 0.29) is 5.54 Å². The van der Waals surface area contributed by atoms with Gasteiger partial charge in [0.1, 0.15) is 11.6 Å². The Morgan fingerprint density at radius 2 is 2.11 bits per heavy atom. The molecule has 0 unspecified atom stereocenters. The van der Waals surface area contributed by atoms with Gasteiger partial charge >= 0.3 is 0 Å². The van der Waals surface area contributed by atoms with E-state index in [0.29, 0.717) is 0 Å². The number of nitrogens with one attached hydrogen (secondary N) is 2. The van der Waals surface area contributed by atoms with Gasteiger partial charge in [0.2, 0.25) is 0 Å². The summed E-state index contributed by atoms with van der Waals surface area (Å²) in [6, 6.07) is 10.0. The molecule has 6 nitrogen and oxygen atoms in total. The van der Waals surface area contributed by atoms with Crippen molar-refractivity contribution in [1.82, 2.24) is 15.3 Å². The molecule has 2 aromatic heterocycles. The van der Waals surface area contributed by atoms with Crippen molar-refractivity contribution in [3.05, 3.63) is 61.2 Å². The van der Waals surface area contributed by atoms with Gasteiger partial charge in [-0.3, -0.25) is 0 Å². The molecule has 1 atom stereocenters. The Balaban J connectivity index is 1.70. The van der Waals surface area contributed by atoms with Crippen molar-refractivity contribution in [2.75, 3.05) is 34.8 Å². The van der Waals surface area contributed by atoms with Crippen LogP contribution in [0.2, 0.25) is 0 Å². The zero-order valence-corrected chi connectivity index (χ0v) is 16.7. The van der Waals surface area contributed by atoms with Gasteiger partial charge in [-0.25, -0.2) is 9.97 Å². The van der Waals surface area contributed by atoms with Gasteiger partial charge in [0.15, 0.2) is 5.82 Å². The number of rotatable bonds is 7. The predicted octanol–water partition coefficient (Wildman–Crippen LogP) is 3.82. The van der Waals surface area contributed by atoms with Crippen LogP contribution in [0.3, 0.4) is 0 Å². The maximum atomic E-state index is 5.00. The van der Waals surface area contributed by atoms with E-state index in [1.54, 1.807) is 6.20 Å². The molecule has 0 amide bonds. The van der Waals surface area contributed by atoms with E-state index in [1.165, 1.54) is 0 Å². The van der Waals surface area contributed by atoms with Gasteiger partial charge in [-0.1, -0.05) is 26.1 Å². The molecule has 0 spiro atoms. The summed E-state index contributed by atoms with van der Waals surface area (Å²) in [5, 5.41) is 6.72. The number of nitrogens with zero attached hydrogens (tertiary/aromatic N) is 4. The van der Waals surface area contributed by atoms with Gasteiger partial charge in [0, 0.05) is 25.8 Å². The van der Waals surface area contributed by atoms with E-state index in [1.807, 2.05) is 18.2 Å². The molecule has 2 aromatic rings. The van der Waals surface area contributed by atoms with Crippen molar-refractivity contribution in [2.45, 2.75) is 32.2 Å². The van der Waals surface area contributed by atoms with Crippen molar-refractivity contribution in [1.29, 1.82) is 0 Å². The van der Waals surface area contributed by atoms with Crippen molar-refractivity contribution in [3.63, 3.8) is 0 Å². The van der Waals surface area contributed by atoms with Gasteiger partial charge in [-0.05, 0) is 44.0 Å². The first kappa shape index (κ1) is 18.3. The smallest absolute Gasteiger partial charge is 0.159 e. The molecule has 0 aromatic carbocycles. The summed E-state index contributed by atoms with van der Waals surface area (Å²) in [4.78, 5) is 14.0. The van der Waals surface area contributed by atoms with Crippen LogP contribution in [0.4, 0.5) is 17.3 Å². The molecular formula is C22H28N6. The number of pyridine rings is 2. The fourth-order valence-electron chi connectivity index (χ4n) is 4.07. The molecule has 4 heterocycles. The van der Waals surface area contributed by atoms with E-state index < -0.39 is 0 Å². The summed E-state index contributed by atoms with van der Waals surface area (Å²) in [5.74, 6) is 2.50. The third-order valence-electron chi connectivity index (χ3n) is 5.50. The lowest BCUT2D eigenvalue weighted by atomic mass is 9.97. The second kappa shape index (κ2) is 7.19. The molecule has 0 saturated carbocycles. The Morgan fingerprint density at radius 3 is 2.86 bits per heavy atom. The second-order valence-corrected chi connectivity index (χ2v) is 7.74. The highest BCUT2D eigenvalue weighted by Gasteiger charge is 2.47. The first-order valence-corrected chi connectivity index (χ1v) is 9.88. The first-order chi connectivity index (χ1) is 13.5.